The van der Waals surface area contributed by atoms with Crippen molar-refractivity contribution in [1.29, 1.82) is 0 Å². The molecular formula is C19H21NO3. The smallest absolute Gasteiger partial charge is 0.237 e. The summed E-state index contributed by atoms with van der Waals surface area (Å²) in [7, 11) is 0. The summed E-state index contributed by atoms with van der Waals surface area (Å²) < 4.78 is 0. The number of anilines is 2. The Kier molecular flexibility index (Phi) is 5.55. The molecule has 2 aromatic carbocycles. The van der Waals surface area contributed by atoms with Crippen molar-refractivity contribution in [1.82, 2.24) is 0 Å². The number of phenols is 1. The number of carbonyl (C=O) groups excluding carboxylic acids is 1. The molecule has 0 aliphatic heterocycles. The Morgan fingerprint density at radius 3 is 2.48 bits per heavy atom. The molecule has 4 heteroatoms. The zero-order valence-electron chi connectivity index (χ0n) is 13.1. The normalized spacial score (nSPS) is 11.7. The number of aliphatic hydroxyl groups excluding tert-OH is 1. The molecule has 2 N–H and O–H groups in total. The van der Waals surface area contributed by atoms with E-state index in [1.807, 2.05) is 30.3 Å². The molecule has 2 rings (SSSR count). The van der Waals surface area contributed by atoms with Gasteiger partial charge in [0.15, 0.2) is 0 Å². The molecule has 0 bridgehead atoms. The van der Waals surface area contributed by atoms with Crippen LogP contribution in [0.4, 0.5) is 11.4 Å². The average molecular weight is 311 g/mol. The number of benzene rings is 2. The average Bonchev–Trinajstić information content (AvgIpc) is 2.57. The van der Waals surface area contributed by atoms with Crippen molar-refractivity contribution in [2.45, 2.75) is 13.3 Å². The van der Waals surface area contributed by atoms with Crippen LogP contribution in [-0.4, -0.2) is 22.7 Å². The first kappa shape index (κ1) is 16.8. The minimum Gasteiger partial charge on any atom is -0.508 e. The number of aromatic hydroxyl groups is 1. The van der Waals surface area contributed by atoms with E-state index in [1.54, 1.807) is 36.1 Å². The maximum absolute atomic E-state index is 12.9. The molecule has 0 aromatic heterocycles. The third-order valence-corrected chi connectivity index (χ3v) is 3.69. The van der Waals surface area contributed by atoms with Crippen molar-refractivity contribution in [2.75, 3.05) is 11.5 Å². The summed E-state index contributed by atoms with van der Waals surface area (Å²) in [5, 5.41) is 19.3. The van der Waals surface area contributed by atoms with Gasteiger partial charge in [-0.2, -0.15) is 0 Å². The fourth-order valence-corrected chi connectivity index (χ4v) is 2.40. The number of phenolic OH excluding ortho intramolecular Hbond substituents is 1. The highest BCUT2D eigenvalue weighted by molar-refractivity contribution is 6.02. The minimum atomic E-state index is -0.554. The number of hydrogen-bond donors (Lipinski definition) is 2. The first-order valence-corrected chi connectivity index (χ1v) is 7.49. The van der Waals surface area contributed by atoms with Crippen molar-refractivity contribution in [2.24, 2.45) is 5.92 Å². The molecule has 0 aliphatic carbocycles. The molecule has 1 amide bonds. The predicted octanol–water partition coefficient (Wildman–Crippen LogP) is 3.55. The first-order chi connectivity index (χ1) is 11.1. The maximum Gasteiger partial charge on any atom is 0.237 e. The number of nitrogens with zero attached hydrogens (tertiary/aromatic N) is 1. The summed E-state index contributed by atoms with van der Waals surface area (Å²) in [5.74, 6) is -0.579. The van der Waals surface area contributed by atoms with Crippen molar-refractivity contribution in [3.63, 3.8) is 0 Å². The van der Waals surface area contributed by atoms with Gasteiger partial charge < -0.3 is 10.2 Å². The highest BCUT2D eigenvalue weighted by Crippen LogP contribution is 2.31. The van der Waals surface area contributed by atoms with E-state index in [4.69, 9.17) is 0 Å². The number of aliphatic hydroxyl groups is 1. The van der Waals surface area contributed by atoms with Gasteiger partial charge in [-0.25, -0.2) is 0 Å². The summed E-state index contributed by atoms with van der Waals surface area (Å²) in [6, 6.07) is 14.3. The molecule has 0 saturated heterocycles. The molecule has 0 heterocycles. The van der Waals surface area contributed by atoms with Crippen LogP contribution in [0.2, 0.25) is 0 Å². The Bertz CT molecular complexity index is 682. The molecule has 0 aliphatic rings. The van der Waals surface area contributed by atoms with Crippen LogP contribution in [0.3, 0.4) is 0 Å². The van der Waals surface area contributed by atoms with Crippen molar-refractivity contribution in [3.8, 4) is 5.75 Å². The number of allylic oxidation sites excluding steroid dienone is 1. The molecule has 0 fully saturated rings. The second-order valence-corrected chi connectivity index (χ2v) is 5.38. The van der Waals surface area contributed by atoms with E-state index in [-0.39, 0.29) is 18.3 Å². The molecule has 1 atom stereocenters. The number of aryl methyl sites for hydroxylation is 1. The Morgan fingerprint density at radius 2 is 1.91 bits per heavy atom. The highest BCUT2D eigenvalue weighted by Gasteiger charge is 2.25. The van der Waals surface area contributed by atoms with Gasteiger partial charge in [-0.15, -0.1) is 6.58 Å². The van der Waals surface area contributed by atoms with Crippen molar-refractivity contribution >= 4 is 17.3 Å². The van der Waals surface area contributed by atoms with Crippen LogP contribution in [0.15, 0.2) is 61.2 Å². The SMILES string of the molecule is C=CCC(CO)C(=O)N(c1ccccc1)c1ccc(O)c(C)c1. The standard InChI is InChI=1S/C19H21NO3/c1-3-7-15(13-21)19(23)20(16-8-5-4-6-9-16)17-10-11-18(22)14(2)12-17/h3-6,8-12,15,21-22H,1,7,13H2,2H3. The van der Waals surface area contributed by atoms with Gasteiger partial charge in [-0.1, -0.05) is 24.3 Å². The molecule has 0 radical (unpaired) electrons. The maximum atomic E-state index is 12.9. The number of rotatable bonds is 6. The van der Waals surface area contributed by atoms with Gasteiger partial charge in [0.1, 0.15) is 5.75 Å². The Balaban J connectivity index is 2.49. The lowest BCUT2D eigenvalue weighted by Crippen LogP contribution is -2.34. The second kappa shape index (κ2) is 7.61. The quantitative estimate of drug-likeness (QED) is 0.802. The van der Waals surface area contributed by atoms with Crippen LogP contribution < -0.4 is 4.90 Å². The molecule has 0 spiro atoms. The van der Waals surface area contributed by atoms with Crippen LogP contribution >= 0.6 is 0 Å². The van der Waals surface area contributed by atoms with E-state index >= 15 is 0 Å². The van der Waals surface area contributed by atoms with Gasteiger partial charge in [0, 0.05) is 11.4 Å². The van der Waals surface area contributed by atoms with Gasteiger partial charge >= 0.3 is 0 Å². The van der Waals surface area contributed by atoms with E-state index in [1.165, 1.54) is 0 Å². The summed E-state index contributed by atoms with van der Waals surface area (Å²) in [6.07, 6.45) is 2.03. The second-order valence-electron chi connectivity index (χ2n) is 5.38. The van der Waals surface area contributed by atoms with Gasteiger partial charge in [-0.3, -0.25) is 9.69 Å². The van der Waals surface area contributed by atoms with Gasteiger partial charge in [0.25, 0.3) is 0 Å². The Labute approximate surface area is 136 Å². The van der Waals surface area contributed by atoms with Crippen LogP contribution in [0.5, 0.6) is 5.75 Å². The lowest BCUT2D eigenvalue weighted by Gasteiger charge is -2.27. The van der Waals surface area contributed by atoms with Crippen molar-refractivity contribution in [3.05, 3.63) is 66.7 Å². The fraction of sp³-hybridized carbons (Fsp3) is 0.211. The summed E-state index contributed by atoms with van der Waals surface area (Å²) in [6.45, 7) is 5.18. The van der Waals surface area contributed by atoms with E-state index in [9.17, 15) is 15.0 Å². The molecule has 1 unspecified atom stereocenters. The summed E-state index contributed by atoms with van der Waals surface area (Å²) >= 11 is 0. The lowest BCUT2D eigenvalue weighted by atomic mass is 10.0. The molecule has 0 saturated carbocycles. The highest BCUT2D eigenvalue weighted by atomic mass is 16.3. The van der Waals surface area contributed by atoms with Gasteiger partial charge in [0.05, 0.1) is 12.5 Å². The topological polar surface area (TPSA) is 60.8 Å². The number of carbonyl (C=O) groups is 1. The van der Waals surface area contributed by atoms with E-state index in [0.717, 1.165) is 0 Å². The third-order valence-electron chi connectivity index (χ3n) is 3.69. The zero-order valence-corrected chi connectivity index (χ0v) is 13.1. The van der Waals surface area contributed by atoms with E-state index in [2.05, 4.69) is 6.58 Å². The summed E-state index contributed by atoms with van der Waals surface area (Å²) in [4.78, 5) is 14.5. The molecular weight excluding hydrogens is 290 g/mol. The third kappa shape index (κ3) is 3.79. The van der Waals surface area contributed by atoms with Crippen LogP contribution in [-0.2, 0) is 4.79 Å². The lowest BCUT2D eigenvalue weighted by molar-refractivity contribution is -0.122. The van der Waals surface area contributed by atoms with Crippen molar-refractivity contribution < 1.29 is 15.0 Å². The minimum absolute atomic E-state index is 0.180. The largest absolute Gasteiger partial charge is 0.508 e. The first-order valence-electron chi connectivity index (χ1n) is 7.49. The van der Waals surface area contributed by atoms with Crippen LogP contribution in [0, 0.1) is 12.8 Å². The fourth-order valence-electron chi connectivity index (χ4n) is 2.40. The number of hydrogen-bond acceptors (Lipinski definition) is 3. The number of para-hydroxylation sites is 1. The van der Waals surface area contributed by atoms with Crippen LogP contribution in [0.25, 0.3) is 0 Å². The molecule has 23 heavy (non-hydrogen) atoms. The molecule has 2 aromatic rings. The molecule has 4 nitrogen and oxygen atoms in total. The van der Waals surface area contributed by atoms with Crippen LogP contribution in [0.1, 0.15) is 12.0 Å². The molecule has 120 valence electrons. The monoisotopic (exact) mass is 311 g/mol. The summed E-state index contributed by atoms with van der Waals surface area (Å²) in [5.41, 5.74) is 2.05. The Hall–Kier alpha value is -2.59. The predicted molar refractivity (Wildman–Crippen MR) is 91.8 cm³/mol. The van der Waals surface area contributed by atoms with E-state index < -0.39 is 5.92 Å². The van der Waals surface area contributed by atoms with Gasteiger partial charge in [0.2, 0.25) is 5.91 Å². The number of amides is 1. The Morgan fingerprint density at radius 1 is 1.22 bits per heavy atom. The van der Waals surface area contributed by atoms with E-state index in [0.29, 0.717) is 23.4 Å². The van der Waals surface area contributed by atoms with Gasteiger partial charge in [-0.05, 0) is 49.2 Å². The zero-order chi connectivity index (χ0) is 16.8.